The van der Waals surface area contributed by atoms with Crippen LogP contribution in [-0.4, -0.2) is 13.1 Å². The summed E-state index contributed by atoms with van der Waals surface area (Å²) >= 11 is 0. The van der Waals surface area contributed by atoms with Crippen LogP contribution in [0.3, 0.4) is 0 Å². The molecule has 0 aromatic heterocycles. The Labute approximate surface area is 355 Å². The second-order valence-electron chi connectivity index (χ2n) is 18.7. The summed E-state index contributed by atoms with van der Waals surface area (Å²) in [5, 5.41) is 0. The van der Waals surface area contributed by atoms with Gasteiger partial charge in [-0.2, -0.15) is 0 Å². The molecule has 0 saturated heterocycles. The first-order valence-electron chi connectivity index (χ1n) is 26.9. The summed E-state index contributed by atoms with van der Waals surface area (Å²) in [6.07, 6.45) is 73.1. The molecule has 0 N–H and O–H groups in total. The van der Waals surface area contributed by atoms with Crippen LogP contribution in [-0.2, 0) is 9.53 Å². The summed E-state index contributed by atoms with van der Waals surface area (Å²) in [5.41, 5.74) is 0. The molecule has 0 fully saturated rings. The van der Waals surface area contributed by atoms with E-state index in [1.807, 2.05) is 0 Å². The molecule has 0 amide bonds. The maximum Gasteiger partial charge on any atom is 0.305 e. The molecule has 0 bridgehead atoms. The monoisotopic (exact) mass is 789 g/mol. The third-order valence-electron chi connectivity index (χ3n) is 13.0. The van der Waals surface area contributed by atoms with Crippen LogP contribution >= 0.6 is 0 Å². The van der Waals surface area contributed by atoms with Crippen LogP contribution in [0.1, 0.15) is 334 Å². The number of esters is 1. The van der Waals surface area contributed by atoms with Crippen molar-refractivity contribution in [2.75, 3.05) is 7.11 Å². The number of ether oxygens (including phenoxy) is 1. The lowest BCUT2D eigenvalue weighted by molar-refractivity contribution is -0.140. The normalized spacial score (nSPS) is 11.5. The molecular weight excluding hydrogens is 681 g/mol. The van der Waals surface area contributed by atoms with E-state index in [1.54, 1.807) is 0 Å². The first-order chi connectivity index (χ1) is 27.8. The molecule has 0 aromatic carbocycles. The van der Waals surface area contributed by atoms with Gasteiger partial charge in [-0.3, -0.25) is 4.79 Å². The molecule has 2 nitrogen and oxygen atoms in total. The molecule has 0 aliphatic carbocycles. The number of methoxy groups -OCH3 is 1. The van der Waals surface area contributed by atoms with Crippen LogP contribution in [0.15, 0.2) is 0 Å². The van der Waals surface area contributed by atoms with Crippen LogP contribution in [0.4, 0.5) is 0 Å². The van der Waals surface area contributed by atoms with Gasteiger partial charge in [-0.05, 0) is 6.42 Å². The van der Waals surface area contributed by atoms with Gasteiger partial charge in [0, 0.05) is 6.42 Å². The van der Waals surface area contributed by atoms with E-state index < -0.39 is 0 Å². The zero-order valence-corrected chi connectivity index (χ0v) is 39.4. The Morgan fingerprint density at radius 1 is 0.232 bits per heavy atom. The molecule has 0 rings (SSSR count). The third kappa shape index (κ3) is 51.5. The average molecular weight is 789 g/mol. The Hall–Kier alpha value is -0.530. The van der Waals surface area contributed by atoms with E-state index in [-0.39, 0.29) is 5.97 Å². The van der Waals surface area contributed by atoms with Crippen molar-refractivity contribution in [1.82, 2.24) is 0 Å². The van der Waals surface area contributed by atoms with Crippen molar-refractivity contribution in [3.8, 4) is 0 Å². The molecule has 0 aromatic rings. The molecule has 0 heterocycles. The molecule has 0 unspecified atom stereocenters. The predicted octanol–water partition coefficient (Wildman–Crippen LogP) is 20.1. The molecular formula is C54H108O2. The van der Waals surface area contributed by atoms with Crippen molar-refractivity contribution in [3.63, 3.8) is 0 Å². The lowest BCUT2D eigenvalue weighted by Crippen LogP contribution is -1.99. The zero-order chi connectivity index (χ0) is 40.3. The van der Waals surface area contributed by atoms with Gasteiger partial charge in [-0.15, -0.1) is 0 Å². The fraction of sp³-hybridized carbons (Fsp3) is 0.981. The number of unbranched alkanes of at least 4 members (excludes halogenated alkanes) is 49. The van der Waals surface area contributed by atoms with E-state index >= 15 is 0 Å². The SMILES string of the molecule is CCCCCCCCCCCCCCCCCCCCCCCCCCCCCCCCCCCCCCCCCCCCCCCCCCCCC(=O)OC. The fourth-order valence-corrected chi connectivity index (χ4v) is 8.93. The second kappa shape index (κ2) is 52.5. The Morgan fingerprint density at radius 3 is 0.482 bits per heavy atom. The lowest BCUT2D eigenvalue weighted by atomic mass is 10.0. The predicted molar refractivity (Wildman–Crippen MR) is 253 cm³/mol. The molecule has 0 radical (unpaired) electrons. The van der Waals surface area contributed by atoms with E-state index in [9.17, 15) is 4.79 Å². The van der Waals surface area contributed by atoms with Gasteiger partial charge in [-0.1, -0.05) is 322 Å². The van der Waals surface area contributed by atoms with Crippen LogP contribution in [0.2, 0.25) is 0 Å². The van der Waals surface area contributed by atoms with Crippen molar-refractivity contribution in [1.29, 1.82) is 0 Å². The van der Waals surface area contributed by atoms with Crippen LogP contribution in [0.5, 0.6) is 0 Å². The number of hydrogen-bond donors (Lipinski definition) is 0. The van der Waals surface area contributed by atoms with Gasteiger partial charge in [0.05, 0.1) is 7.11 Å². The summed E-state index contributed by atoms with van der Waals surface area (Å²) in [6.45, 7) is 2.31. The van der Waals surface area contributed by atoms with Crippen molar-refractivity contribution < 1.29 is 9.53 Å². The Bertz CT molecular complexity index is 688. The summed E-state index contributed by atoms with van der Waals surface area (Å²) in [4.78, 5) is 11.1. The molecule has 2 heteroatoms. The minimum atomic E-state index is -0.0578. The lowest BCUT2D eigenvalue weighted by Gasteiger charge is -2.05. The molecule has 0 saturated carbocycles. The smallest absolute Gasteiger partial charge is 0.305 e. The molecule has 336 valence electrons. The highest BCUT2D eigenvalue weighted by molar-refractivity contribution is 5.68. The highest BCUT2D eigenvalue weighted by Gasteiger charge is 2.01. The second-order valence-corrected chi connectivity index (χ2v) is 18.7. The molecule has 56 heavy (non-hydrogen) atoms. The highest BCUT2D eigenvalue weighted by atomic mass is 16.5. The zero-order valence-electron chi connectivity index (χ0n) is 39.4. The van der Waals surface area contributed by atoms with Gasteiger partial charge < -0.3 is 4.74 Å². The molecule has 0 atom stereocenters. The number of hydrogen-bond acceptors (Lipinski definition) is 2. The maximum absolute atomic E-state index is 11.1. The number of carbonyl (C=O) groups is 1. The van der Waals surface area contributed by atoms with Crippen LogP contribution in [0.25, 0.3) is 0 Å². The number of rotatable bonds is 51. The van der Waals surface area contributed by atoms with Gasteiger partial charge in [0.15, 0.2) is 0 Å². The first-order valence-corrected chi connectivity index (χ1v) is 26.9. The van der Waals surface area contributed by atoms with Crippen molar-refractivity contribution in [2.24, 2.45) is 0 Å². The first kappa shape index (κ1) is 55.5. The maximum atomic E-state index is 11.1. The minimum absolute atomic E-state index is 0.0578. The van der Waals surface area contributed by atoms with Crippen LogP contribution < -0.4 is 0 Å². The van der Waals surface area contributed by atoms with E-state index in [0.29, 0.717) is 6.42 Å². The third-order valence-corrected chi connectivity index (χ3v) is 13.0. The quantitative estimate of drug-likeness (QED) is 0.0453. The summed E-state index contributed by atoms with van der Waals surface area (Å²) < 4.78 is 4.70. The van der Waals surface area contributed by atoms with Crippen LogP contribution in [0, 0.1) is 0 Å². The van der Waals surface area contributed by atoms with E-state index in [0.717, 1.165) is 6.42 Å². The Kier molecular flexibility index (Phi) is 52.0. The van der Waals surface area contributed by atoms with Gasteiger partial charge in [0.1, 0.15) is 0 Å². The van der Waals surface area contributed by atoms with Gasteiger partial charge in [0.25, 0.3) is 0 Å². The van der Waals surface area contributed by atoms with Crippen molar-refractivity contribution in [3.05, 3.63) is 0 Å². The largest absolute Gasteiger partial charge is 0.469 e. The fourth-order valence-electron chi connectivity index (χ4n) is 8.93. The average Bonchev–Trinajstić information content (AvgIpc) is 3.21. The summed E-state index contributed by atoms with van der Waals surface area (Å²) in [5.74, 6) is -0.0578. The van der Waals surface area contributed by atoms with Crippen molar-refractivity contribution >= 4 is 5.97 Å². The summed E-state index contributed by atoms with van der Waals surface area (Å²) in [7, 11) is 1.48. The van der Waals surface area contributed by atoms with Crippen molar-refractivity contribution in [2.45, 2.75) is 334 Å². The van der Waals surface area contributed by atoms with E-state index in [2.05, 4.69) is 6.92 Å². The van der Waals surface area contributed by atoms with Gasteiger partial charge in [-0.25, -0.2) is 0 Å². The standard InChI is InChI=1S/C54H108O2/c1-3-4-5-6-7-8-9-10-11-12-13-14-15-16-17-18-19-20-21-22-23-24-25-26-27-28-29-30-31-32-33-34-35-36-37-38-39-40-41-42-43-44-45-46-47-48-49-50-51-52-53-54(55)56-2/h3-53H2,1-2H3. The Morgan fingerprint density at radius 2 is 0.357 bits per heavy atom. The van der Waals surface area contributed by atoms with Gasteiger partial charge >= 0.3 is 5.97 Å². The number of carbonyl (C=O) groups excluding carboxylic acids is 1. The topological polar surface area (TPSA) is 26.3 Å². The molecule has 0 aliphatic rings. The van der Waals surface area contributed by atoms with Gasteiger partial charge in [0.2, 0.25) is 0 Å². The van der Waals surface area contributed by atoms with E-state index in [4.69, 9.17) is 4.74 Å². The van der Waals surface area contributed by atoms with E-state index in [1.165, 1.54) is 322 Å². The minimum Gasteiger partial charge on any atom is -0.469 e. The molecule has 0 aliphatic heterocycles. The summed E-state index contributed by atoms with van der Waals surface area (Å²) in [6, 6.07) is 0. The Balaban J connectivity index is 3.06. The highest BCUT2D eigenvalue weighted by Crippen LogP contribution is 2.19. The molecule has 0 spiro atoms.